The zero-order valence-corrected chi connectivity index (χ0v) is 13.8. The van der Waals surface area contributed by atoms with Crippen molar-refractivity contribution in [2.75, 3.05) is 19.6 Å². The Morgan fingerprint density at radius 1 is 1.42 bits per heavy atom. The molecule has 1 N–H and O–H groups in total. The first kappa shape index (κ1) is 15.3. The molecular formula is C16H29ClN2. The summed E-state index contributed by atoms with van der Waals surface area (Å²) in [5, 5.41) is 3.80. The summed E-state index contributed by atoms with van der Waals surface area (Å²) in [5.74, 6) is 0.865. The van der Waals surface area contributed by atoms with Gasteiger partial charge in [-0.15, -0.1) is 0 Å². The Morgan fingerprint density at radius 3 is 2.53 bits per heavy atom. The number of nitrogens with zero attached hydrogens (tertiary/aromatic N) is 1. The Kier molecular flexibility index (Phi) is 4.35. The average molecular weight is 285 g/mol. The quantitative estimate of drug-likeness (QED) is 0.852. The van der Waals surface area contributed by atoms with Crippen molar-refractivity contribution in [1.29, 1.82) is 0 Å². The van der Waals surface area contributed by atoms with Crippen LogP contribution in [0.25, 0.3) is 0 Å². The zero-order chi connectivity index (χ0) is 14.3. The van der Waals surface area contributed by atoms with Crippen molar-refractivity contribution in [3.63, 3.8) is 0 Å². The normalized spacial score (nSPS) is 34.6. The summed E-state index contributed by atoms with van der Waals surface area (Å²) >= 11 is 5.88. The second-order valence-corrected chi connectivity index (χ2v) is 7.99. The number of halogens is 1. The molecule has 110 valence electrons. The topological polar surface area (TPSA) is 15.3 Å². The van der Waals surface area contributed by atoms with E-state index in [-0.39, 0.29) is 0 Å². The third kappa shape index (κ3) is 3.34. The zero-order valence-electron chi connectivity index (χ0n) is 13.1. The molecule has 0 aromatic rings. The van der Waals surface area contributed by atoms with Crippen molar-refractivity contribution in [3.8, 4) is 0 Å². The van der Waals surface area contributed by atoms with Crippen LogP contribution in [-0.4, -0.2) is 36.1 Å². The number of piperazine rings is 1. The van der Waals surface area contributed by atoms with Crippen LogP contribution >= 0.6 is 11.6 Å². The smallest absolute Gasteiger partial charge is 0.0338 e. The fourth-order valence-corrected chi connectivity index (χ4v) is 3.27. The minimum absolute atomic E-state index is 0.307. The Morgan fingerprint density at radius 2 is 2.05 bits per heavy atom. The van der Waals surface area contributed by atoms with Gasteiger partial charge in [0, 0.05) is 36.8 Å². The summed E-state index contributed by atoms with van der Waals surface area (Å²) in [6.07, 6.45) is 2.77. The van der Waals surface area contributed by atoms with Crippen LogP contribution in [0.5, 0.6) is 0 Å². The van der Waals surface area contributed by atoms with Gasteiger partial charge in [-0.25, -0.2) is 0 Å². The molecule has 1 aliphatic heterocycles. The van der Waals surface area contributed by atoms with Crippen molar-refractivity contribution in [2.24, 2.45) is 11.3 Å². The molecule has 2 rings (SSSR count). The van der Waals surface area contributed by atoms with Gasteiger partial charge >= 0.3 is 0 Å². The maximum Gasteiger partial charge on any atom is 0.0338 e. The third-order valence-electron chi connectivity index (χ3n) is 4.96. The maximum atomic E-state index is 5.88. The highest BCUT2D eigenvalue weighted by Gasteiger charge is 2.49. The third-order valence-corrected chi connectivity index (χ3v) is 5.33. The van der Waals surface area contributed by atoms with Gasteiger partial charge in [0.15, 0.2) is 0 Å². The van der Waals surface area contributed by atoms with E-state index in [4.69, 9.17) is 11.6 Å². The molecular weight excluding hydrogens is 256 g/mol. The van der Waals surface area contributed by atoms with E-state index in [9.17, 15) is 0 Å². The molecule has 3 heteroatoms. The maximum absolute atomic E-state index is 5.88. The average Bonchev–Trinajstić information content (AvgIpc) is 3.14. The van der Waals surface area contributed by atoms with Gasteiger partial charge in [-0.05, 0) is 43.6 Å². The first-order valence-corrected chi connectivity index (χ1v) is 7.95. The predicted octanol–water partition coefficient (Wildman–Crippen LogP) is 3.62. The first-order chi connectivity index (χ1) is 8.77. The molecule has 19 heavy (non-hydrogen) atoms. The van der Waals surface area contributed by atoms with Crippen molar-refractivity contribution in [1.82, 2.24) is 10.2 Å². The summed E-state index contributed by atoms with van der Waals surface area (Å²) in [6, 6.07) is 0.558. The van der Waals surface area contributed by atoms with Gasteiger partial charge in [0.1, 0.15) is 0 Å². The Bertz CT molecular complexity index is 354. The van der Waals surface area contributed by atoms with Crippen LogP contribution < -0.4 is 5.32 Å². The summed E-state index contributed by atoms with van der Waals surface area (Å²) in [6.45, 7) is 14.8. The molecule has 1 saturated carbocycles. The van der Waals surface area contributed by atoms with E-state index in [0.717, 1.165) is 25.6 Å². The Hall–Kier alpha value is -0.0500. The molecule has 0 amide bonds. The molecule has 2 fully saturated rings. The summed E-state index contributed by atoms with van der Waals surface area (Å²) in [5.41, 5.74) is 3.62. The number of hydrogen-bond acceptors (Lipinski definition) is 2. The number of nitrogens with one attached hydrogen (secondary N) is 1. The molecule has 0 aromatic heterocycles. The summed E-state index contributed by atoms with van der Waals surface area (Å²) < 4.78 is 0. The molecule has 2 unspecified atom stereocenters. The fourth-order valence-electron chi connectivity index (χ4n) is 3.20. The molecule has 0 aromatic carbocycles. The standard InChI is InChI=1S/C16H29ClN2/c1-12(8-17)9-19-10-14(15(2,3)4)18-11-16(19,5)13-6-7-13/h8,13-14,18H,6-7,9-11H2,1-5H3. The molecule has 1 heterocycles. The molecule has 1 saturated heterocycles. The molecule has 0 radical (unpaired) electrons. The first-order valence-electron chi connectivity index (χ1n) is 7.51. The summed E-state index contributed by atoms with van der Waals surface area (Å²) in [7, 11) is 0. The largest absolute Gasteiger partial charge is 0.310 e. The van der Waals surface area contributed by atoms with Gasteiger partial charge in [0.2, 0.25) is 0 Å². The van der Waals surface area contributed by atoms with E-state index in [1.165, 1.54) is 18.4 Å². The van der Waals surface area contributed by atoms with Crippen molar-refractivity contribution in [2.45, 2.75) is 59.0 Å². The van der Waals surface area contributed by atoms with Gasteiger partial charge in [0.25, 0.3) is 0 Å². The second-order valence-electron chi connectivity index (χ2n) is 7.77. The highest BCUT2D eigenvalue weighted by Crippen LogP contribution is 2.45. The van der Waals surface area contributed by atoms with Crippen LogP contribution in [0.4, 0.5) is 0 Å². The van der Waals surface area contributed by atoms with Crippen LogP contribution in [0.3, 0.4) is 0 Å². The highest BCUT2D eigenvalue weighted by molar-refractivity contribution is 6.25. The molecule has 1 aliphatic carbocycles. The lowest BCUT2D eigenvalue weighted by Crippen LogP contribution is -2.67. The van der Waals surface area contributed by atoms with Crippen LogP contribution in [0.2, 0.25) is 0 Å². The van der Waals surface area contributed by atoms with Crippen LogP contribution in [0, 0.1) is 11.3 Å². The molecule has 2 nitrogen and oxygen atoms in total. The van der Waals surface area contributed by atoms with Gasteiger partial charge < -0.3 is 5.32 Å². The van der Waals surface area contributed by atoms with E-state index in [0.29, 0.717) is 17.0 Å². The molecule has 0 spiro atoms. The van der Waals surface area contributed by atoms with Gasteiger partial charge in [-0.2, -0.15) is 0 Å². The van der Waals surface area contributed by atoms with E-state index in [1.54, 1.807) is 5.54 Å². The van der Waals surface area contributed by atoms with Crippen molar-refractivity contribution < 1.29 is 0 Å². The van der Waals surface area contributed by atoms with Gasteiger partial charge in [-0.3, -0.25) is 4.90 Å². The second kappa shape index (κ2) is 5.38. The van der Waals surface area contributed by atoms with E-state index < -0.39 is 0 Å². The number of hydrogen-bond donors (Lipinski definition) is 1. The fraction of sp³-hybridized carbons (Fsp3) is 0.875. The van der Waals surface area contributed by atoms with E-state index >= 15 is 0 Å². The highest BCUT2D eigenvalue weighted by atomic mass is 35.5. The monoisotopic (exact) mass is 284 g/mol. The molecule has 0 bridgehead atoms. The van der Waals surface area contributed by atoms with Crippen LogP contribution in [0.15, 0.2) is 11.1 Å². The lowest BCUT2D eigenvalue weighted by molar-refractivity contribution is 0.0177. The number of rotatable bonds is 3. The van der Waals surface area contributed by atoms with Gasteiger partial charge in [0.05, 0.1) is 0 Å². The minimum atomic E-state index is 0.307. The molecule has 2 aliphatic rings. The lowest BCUT2D eigenvalue weighted by Gasteiger charge is -2.51. The Labute approximate surface area is 123 Å². The summed E-state index contributed by atoms with van der Waals surface area (Å²) in [4.78, 5) is 2.67. The van der Waals surface area contributed by atoms with E-state index in [2.05, 4.69) is 44.8 Å². The van der Waals surface area contributed by atoms with Crippen molar-refractivity contribution in [3.05, 3.63) is 11.1 Å². The minimum Gasteiger partial charge on any atom is -0.310 e. The van der Waals surface area contributed by atoms with Crippen molar-refractivity contribution >= 4 is 11.6 Å². The molecule has 2 atom stereocenters. The lowest BCUT2D eigenvalue weighted by atomic mass is 9.81. The van der Waals surface area contributed by atoms with Crippen LogP contribution in [-0.2, 0) is 0 Å². The van der Waals surface area contributed by atoms with Crippen LogP contribution in [0.1, 0.15) is 47.5 Å². The van der Waals surface area contributed by atoms with E-state index in [1.807, 2.05) is 0 Å². The Balaban J connectivity index is 2.14. The SMILES string of the molecule is CC(=CCl)CN1CC(C(C)(C)C)NCC1(C)C1CC1. The van der Waals surface area contributed by atoms with Gasteiger partial charge in [-0.1, -0.05) is 32.4 Å². The predicted molar refractivity (Wildman–Crippen MR) is 83.6 cm³/mol.